The molecule has 0 aliphatic heterocycles. The highest BCUT2D eigenvalue weighted by Gasteiger charge is 2.13. The number of rotatable bonds is 14. The van der Waals surface area contributed by atoms with Crippen molar-refractivity contribution in [3.05, 3.63) is 0 Å². The van der Waals surface area contributed by atoms with E-state index in [4.69, 9.17) is 24.1 Å². The van der Waals surface area contributed by atoms with Gasteiger partial charge in [-0.1, -0.05) is 13.8 Å². The van der Waals surface area contributed by atoms with Crippen LogP contribution in [-0.2, 0) is 18.9 Å². The summed E-state index contributed by atoms with van der Waals surface area (Å²) in [5.41, 5.74) is 0. The Morgan fingerprint density at radius 1 is 0.682 bits per heavy atom. The van der Waals surface area contributed by atoms with Crippen LogP contribution in [0, 0.1) is 0 Å². The molecule has 0 heterocycles. The molecule has 0 bridgehead atoms. The van der Waals surface area contributed by atoms with Gasteiger partial charge in [0.15, 0.2) is 0 Å². The van der Waals surface area contributed by atoms with Crippen molar-refractivity contribution < 1.29 is 24.1 Å². The van der Waals surface area contributed by atoms with E-state index in [0.29, 0.717) is 25.9 Å². The van der Waals surface area contributed by atoms with Gasteiger partial charge in [-0.25, -0.2) is 0 Å². The van der Waals surface area contributed by atoms with Crippen molar-refractivity contribution in [2.75, 3.05) is 26.4 Å². The highest BCUT2D eigenvalue weighted by atomic mass is 16.6. The first kappa shape index (κ1) is 21.8. The summed E-state index contributed by atoms with van der Waals surface area (Å²) < 4.78 is 22.8. The molecule has 4 atom stereocenters. The lowest BCUT2D eigenvalue weighted by atomic mass is 10.2. The summed E-state index contributed by atoms with van der Waals surface area (Å²) in [7, 11) is 0. The van der Waals surface area contributed by atoms with E-state index in [1.54, 1.807) is 0 Å². The van der Waals surface area contributed by atoms with E-state index in [2.05, 4.69) is 13.8 Å². The summed E-state index contributed by atoms with van der Waals surface area (Å²) in [6.07, 6.45) is 2.33. The number of hydrogen-bond acceptors (Lipinski definition) is 5. The van der Waals surface area contributed by atoms with Crippen LogP contribution in [0.4, 0.5) is 0 Å². The Balaban J connectivity index is 3.74. The van der Waals surface area contributed by atoms with Crippen LogP contribution in [0.5, 0.6) is 0 Å². The van der Waals surface area contributed by atoms with Crippen LogP contribution in [0.15, 0.2) is 0 Å². The van der Waals surface area contributed by atoms with Crippen molar-refractivity contribution in [2.24, 2.45) is 0 Å². The summed E-state index contributed by atoms with van der Waals surface area (Å²) in [6, 6.07) is 0. The largest absolute Gasteiger partial charge is 0.394 e. The molecule has 5 nitrogen and oxygen atoms in total. The third kappa shape index (κ3) is 11.4. The lowest BCUT2D eigenvalue weighted by Gasteiger charge is -2.23. The zero-order valence-electron chi connectivity index (χ0n) is 15.2. The smallest absolute Gasteiger partial charge is 0.0784 e. The third-order valence-electron chi connectivity index (χ3n) is 3.44. The van der Waals surface area contributed by atoms with Crippen LogP contribution in [-0.4, -0.2) is 62.1 Å². The second kappa shape index (κ2) is 13.3. The third-order valence-corrected chi connectivity index (χ3v) is 3.44. The molecule has 0 aromatic rings. The van der Waals surface area contributed by atoms with Crippen molar-refractivity contribution in [1.82, 2.24) is 0 Å². The molecule has 0 aromatic heterocycles. The molecule has 0 fully saturated rings. The van der Waals surface area contributed by atoms with Gasteiger partial charge in [-0.05, 0) is 40.5 Å². The molecule has 0 radical (unpaired) electrons. The summed E-state index contributed by atoms with van der Waals surface area (Å²) in [5.74, 6) is 0. The molecule has 0 aliphatic rings. The van der Waals surface area contributed by atoms with Gasteiger partial charge in [0.1, 0.15) is 0 Å². The van der Waals surface area contributed by atoms with Gasteiger partial charge < -0.3 is 24.1 Å². The van der Waals surface area contributed by atoms with Crippen molar-refractivity contribution >= 4 is 0 Å². The standard InChI is InChI=1S/C17H36O5/c1-7-17(8-2)22-16(6)12-21-15(5)11-20-14(4)10-19-13(3)9-18/h13-18H,7-12H2,1-6H3. The molecule has 0 rings (SSSR count). The van der Waals surface area contributed by atoms with E-state index in [9.17, 15) is 0 Å². The highest BCUT2D eigenvalue weighted by Crippen LogP contribution is 2.08. The second-order valence-electron chi connectivity index (χ2n) is 6.00. The fourth-order valence-electron chi connectivity index (χ4n) is 1.90. The first-order valence-corrected chi connectivity index (χ1v) is 8.53. The Morgan fingerprint density at radius 2 is 1.09 bits per heavy atom. The van der Waals surface area contributed by atoms with E-state index in [-0.39, 0.29) is 31.0 Å². The van der Waals surface area contributed by atoms with Gasteiger partial charge in [-0.15, -0.1) is 0 Å². The minimum atomic E-state index is -0.150. The van der Waals surface area contributed by atoms with Gasteiger partial charge in [0.05, 0.1) is 56.9 Å². The number of aliphatic hydroxyl groups excluding tert-OH is 1. The quantitative estimate of drug-likeness (QED) is 0.533. The first-order chi connectivity index (χ1) is 10.4. The van der Waals surface area contributed by atoms with E-state index in [0.717, 1.165) is 12.8 Å². The molecule has 0 spiro atoms. The van der Waals surface area contributed by atoms with E-state index >= 15 is 0 Å². The van der Waals surface area contributed by atoms with Crippen LogP contribution in [0.25, 0.3) is 0 Å². The molecule has 1 N–H and O–H groups in total. The molecule has 0 aromatic carbocycles. The summed E-state index contributed by atoms with van der Waals surface area (Å²) >= 11 is 0. The zero-order chi connectivity index (χ0) is 17.0. The molecule has 0 saturated heterocycles. The minimum Gasteiger partial charge on any atom is -0.394 e. The second-order valence-corrected chi connectivity index (χ2v) is 6.00. The monoisotopic (exact) mass is 320 g/mol. The number of ether oxygens (including phenoxy) is 4. The van der Waals surface area contributed by atoms with Gasteiger partial charge in [-0.3, -0.25) is 0 Å². The van der Waals surface area contributed by atoms with Crippen LogP contribution in [0.1, 0.15) is 54.4 Å². The Hall–Kier alpha value is -0.200. The van der Waals surface area contributed by atoms with Gasteiger partial charge in [0, 0.05) is 0 Å². The molecule has 0 aliphatic carbocycles. The zero-order valence-corrected chi connectivity index (χ0v) is 15.2. The summed E-state index contributed by atoms with van der Waals surface area (Å²) in [4.78, 5) is 0. The normalized spacial score (nSPS) is 17.5. The molecule has 134 valence electrons. The predicted molar refractivity (Wildman–Crippen MR) is 88.2 cm³/mol. The van der Waals surface area contributed by atoms with Gasteiger partial charge >= 0.3 is 0 Å². The average Bonchev–Trinajstić information content (AvgIpc) is 2.53. The molecule has 0 amide bonds. The first-order valence-electron chi connectivity index (χ1n) is 8.53. The maximum Gasteiger partial charge on any atom is 0.0784 e. The maximum atomic E-state index is 8.89. The van der Waals surface area contributed by atoms with Gasteiger partial charge in [-0.2, -0.15) is 0 Å². The van der Waals surface area contributed by atoms with Crippen LogP contribution < -0.4 is 0 Å². The number of hydrogen-bond donors (Lipinski definition) is 1. The SMILES string of the molecule is CCC(CC)OC(C)COC(C)COC(C)COC(C)CO. The van der Waals surface area contributed by atoms with Crippen molar-refractivity contribution in [1.29, 1.82) is 0 Å². The lowest BCUT2D eigenvalue weighted by Crippen LogP contribution is -2.29. The molecular weight excluding hydrogens is 284 g/mol. The van der Waals surface area contributed by atoms with Crippen molar-refractivity contribution in [3.63, 3.8) is 0 Å². The molecule has 4 unspecified atom stereocenters. The Kier molecular flexibility index (Phi) is 13.1. The highest BCUT2D eigenvalue weighted by molar-refractivity contribution is 4.59. The number of aliphatic hydroxyl groups is 1. The Morgan fingerprint density at radius 3 is 1.50 bits per heavy atom. The predicted octanol–water partition coefficient (Wildman–Crippen LogP) is 2.79. The van der Waals surface area contributed by atoms with Gasteiger partial charge in [0.25, 0.3) is 0 Å². The average molecular weight is 320 g/mol. The topological polar surface area (TPSA) is 57.2 Å². The molecule has 22 heavy (non-hydrogen) atoms. The van der Waals surface area contributed by atoms with E-state index in [1.165, 1.54) is 0 Å². The van der Waals surface area contributed by atoms with E-state index < -0.39 is 0 Å². The lowest BCUT2D eigenvalue weighted by molar-refractivity contribution is -0.0991. The van der Waals surface area contributed by atoms with Crippen LogP contribution in [0.3, 0.4) is 0 Å². The fourth-order valence-corrected chi connectivity index (χ4v) is 1.90. The van der Waals surface area contributed by atoms with Gasteiger partial charge in [0.2, 0.25) is 0 Å². The molecular formula is C17H36O5. The molecule has 5 heteroatoms. The molecule has 0 saturated carbocycles. The van der Waals surface area contributed by atoms with E-state index in [1.807, 2.05) is 27.7 Å². The Bertz CT molecular complexity index is 245. The van der Waals surface area contributed by atoms with Crippen LogP contribution >= 0.6 is 0 Å². The minimum absolute atomic E-state index is 0.0155. The van der Waals surface area contributed by atoms with Crippen molar-refractivity contribution in [3.8, 4) is 0 Å². The van der Waals surface area contributed by atoms with Crippen LogP contribution in [0.2, 0.25) is 0 Å². The van der Waals surface area contributed by atoms with Crippen molar-refractivity contribution in [2.45, 2.75) is 84.9 Å². The Labute approximate surface area is 136 Å². The summed E-state index contributed by atoms with van der Waals surface area (Å²) in [5, 5.41) is 8.89. The maximum absolute atomic E-state index is 8.89. The fraction of sp³-hybridized carbons (Fsp3) is 1.00. The summed E-state index contributed by atoms with van der Waals surface area (Å²) in [6.45, 7) is 13.7.